The first-order valence-electron chi connectivity index (χ1n) is 6.64. The van der Waals surface area contributed by atoms with E-state index >= 15 is 0 Å². The van der Waals surface area contributed by atoms with Gasteiger partial charge < -0.3 is 0 Å². The quantitative estimate of drug-likeness (QED) is 0.686. The molecule has 1 unspecified atom stereocenters. The lowest BCUT2D eigenvalue weighted by Crippen LogP contribution is -2.33. The highest BCUT2D eigenvalue weighted by Crippen LogP contribution is 2.44. The number of allylic oxidation sites excluding steroid dienone is 4. The first-order chi connectivity index (χ1) is 8.21. The third-order valence-corrected chi connectivity index (χ3v) is 4.12. The molecule has 0 aliphatic heterocycles. The first-order valence-corrected chi connectivity index (χ1v) is 6.64. The zero-order chi connectivity index (χ0) is 12.3. The molecule has 2 rings (SSSR count). The highest BCUT2D eigenvalue weighted by molar-refractivity contribution is 5.45. The Morgan fingerprint density at radius 3 is 2.35 bits per heavy atom. The minimum absolute atomic E-state index is 0.189. The van der Waals surface area contributed by atoms with Gasteiger partial charge in [0.1, 0.15) is 0 Å². The highest BCUT2D eigenvalue weighted by atomic mass is 14.4. The van der Waals surface area contributed by atoms with Gasteiger partial charge in [-0.3, -0.25) is 0 Å². The molecule has 0 saturated carbocycles. The molecule has 1 aliphatic rings. The highest BCUT2D eigenvalue weighted by Gasteiger charge is 2.36. The molecular weight excluding hydrogens is 204 g/mol. The first kappa shape index (κ1) is 12.2. The number of hydrogen-bond acceptors (Lipinski definition) is 0. The van der Waals surface area contributed by atoms with E-state index in [1.54, 1.807) is 0 Å². The maximum atomic E-state index is 2.39. The average molecular weight is 226 g/mol. The van der Waals surface area contributed by atoms with Crippen LogP contribution in [-0.4, -0.2) is 0 Å². The van der Waals surface area contributed by atoms with Crippen molar-refractivity contribution in [2.24, 2.45) is 5.92 Å². The molecule has 1 aromatic rings. The predicted octanol–water partition coefficient (Wildman–Crippen LogP) is 4.88. The molecule has 0 aromatic heterocycles. The summed E-state index contributed by atoms with van der Waals surface area (Å²) in [4.78, 5) is 0. The van der Waals surface area contributed by atoms with Crippen LogP contribution < -0.4 is 0 Å². The maximum absolute atomic E-state index is 2.39. The van der Waals surface area contributed by atoms with Gasteiger partial charge in [0.25, 0.3) is 0 Å². The molecule has 90 valence electrons. The summed E-state index contributed by atoms with van der Waals surface area (Å²) in [6.45, 7) is 6.98. The van der Waals surface area contributed by atoms with Crippen LogP contribution in [-0.2, 0) is 5.41 Å². The summed E-state index contributed by atoms with van der Waals surface area (Å²) in [6.07, 6.45) is 9.22. The van der Waals surface area contributed by atoms with Crippen LogP contribution in [0, 0.1) is 5.92 Å². The lowest BCUT2D eigenvalue weighted by atomic mass is 9.65. The molecule has 1 aromatic carbocycles. The van der Waals surface area contributed by atoms with Crippen LogP contribution in [0.4, 0.5) is 0 Å². The number of benzene rings is 1. The molecular formula is C17H22. The molecule has 0 amide bonds. The summed E-state index contributed by atoms with van der Waals surface area (Å²) in [5, 5.41) is 0. The lowest BCUT2D eigenvalue weighted by molar-refractivity contribution is 0.357. The lowest BCUT2D eigenvalue weighted by Gasteiger charge is -2.38. The van der Waals surface area contributed by atoms with Crippen molar-refractivity contribution in [3.63, 3.8) is 0 Å². The van der Waals surface area contributed by atoms with Crippen LogP contribution >= 0.6 is 0 Å². The Balaban J connectivity index is 2.54. The molecule has 0 heterocycles. The largest absolute Gasteiger partial charge is 0.0804 e. The van der Waals surface area contributed by atoms with E-state index in [0.29, 0.717) is 5.92 Å². The van der Waals surface area contributed by atoms with E-state index in [2.05, 4.69) is 69.3 Å². The van der Waals surface area contributed by atoms with Gasteiger partial charge in [0, 0.05) is 5.41 Å². The van der Waals surface area contributed by atoms with Crippen LogP contribution in [0.1, 0.15) is 39.2 Å². The zero-order valence-corrected chi connectivity index (χ0v) is 11.1. The minimum atomic E-state index is 0.189. The molecule has 0 heteroatoms. The van der Waals surface area contributed by atoms with Crippen molar-refractivity contribution >= 4 is 0 Å². The monoisotopic (exact) mass is 226 g/mol. The molecule has 0 spiro atoms. The van der Waals surface area contributed by atoms with Crippen LogP contribution in [0.3, 0.4) is 0 Å². The van der Waals surface area contributed by atoms with Crippen LogP contribution in [0.15, 0.2) is 54.1 Å². The maximum Gasteiger partial charge on any atom is 0.0220 e. The second-order valence-electron chi connectivity index (χ2n) is 5.14. The van der Waals surface area contributed by atoms with Gasteiger partial charge in [-0.25, -0.2) is 0 Å². The molecule has 1 atom stereocenters. The van der Waals surface area contributed by atoms with E-state index in [0.717, 1.165) is 12.8 Å². The Hall–Kier alpha value is -1.30. The number of hydrogen-bond donors (Lipinski definition) is 0. The van der Waals surface area contributed by atoms with Crippen molar-refractivity contribution in [1.29, 1.82) is 0 Å². The Labute approximate surface area is 105 Å². The van der Waals surface area contributed by atoms with E-state index in [9.17, 15) is 0 Å². The van der Waals surface area contributed by atoms with Gasteiger partial charge in [0.15, 0.2) is 0 Å². The molecule has 0 bridgehead atoms. The molecule has 1 aliphatic carbocycles. The minimum Gasteiger partial charge on any atom is -0.0804 e. The SMILES string of the molecule is CCC(C1=CCC=C1)(c1ccccc1)C(C)C. The smallest absolute Gasteiger partial charge is 0.0220 e. The number of rotatable bonds is 4. The average Bonchev–Trinajstić information content (AvgIpc) is 2.86. The standard InChI is InChI=1S/C17H22/c1-4-17(14(2)3,16-12-8-9-13-16)15-10-6-5-7-11-15/h5-8,10-14H,4,9H2,1-3H3. The van der Waals surface area contributed by atoms with E-state index in [1.165, 1.54) is 11.1 Å². The van der Waals surface area contributed by atoms with Gasteiger partial charge in [-0.05, 0) is 29.9 Å². The summed E-state index contributed by atoms with van der Waals surface area (Å²) < 4.78 is 0. The summed E-state index contributed by atoms with van der Waals surface area (Å²) in [7, 11) is 0. The molecule has 17 heavy (non-hydrogen) atoms. The van der Waals surface area contributed by atoms with Crippen molar-refractivity contribution < 1.29 is 0 Å². The van der Waals surface area contributed by atoms with Gasteiger partial charge in [0.2, 0.25) is 0 Å². The molecule has 0 radical (unpaired) electrons. The van der Waals surface area contributed by atoms with Gasteiger partial charge >= 0.3 is 0 Å². The van der Waals surface area contributed by atoms with Crippen molar-refractivity contribution in [2.45, 2.75) is 39.0 Å². The van der Waals surface area contributed by atoms with Crippen LogP contribution in [0.25, 0.3) is 0 Å². The third kappa shape index (κ3) is 1.97. The predicted molar refractivity (Wildman–Crippen MR) is 75.1 cm³/mol. The van der Waals surface area contributed by atoms with Crippen LogP contribution in [0.5, 0.6) is 0 Å². The Kier molecular flexibility index (Phi) is 3.51. The fourth-order valence-electron chi connectivity index (χ4n) is 3.17. The molecule has 0 N–H and O–H groups in total. The van der Waals surface area contributed by atoms with E-state index < -0.39 is 0 Å². The van der Waals surface area contributed by atoms with Crippen molar-refractivity contribution in [2.75, 3.05) is 0 Å². The zero-order valence-electron chi connectivity index (χ0n) is 11.1. The molecule has 0 nitrogen and oxygen atoms in total. The van der Waals surface area contributed by atoms with Gasteiger partial charge in [-0.15, -0.1) is 0 Å². The summed E-state index contributed by atoms with van der Waals surface area (Å²) in [5.74, 6) is 0.615. The van der Waals surface area contributed by atoms with E-state index in [1.807, 2.05) is 0 Å². The van der Waals surface area contributed by atoms with E-state index in [4.69, 9.17) is 0 Å². The van der Waals surface area contributed by atoms with Gasteiger partial charge in [-0.1, -0.05) is 69.3 Å². The normalized spacial score (nSPS) is 18.2. The summed E-state index contributed by atoms with van der Waals surface area (Å²) >= 11 is 0. The van der Waals surface area contributed by atoms with Gasteiger partial charge in [0.05, 0.1) is 0 Å². The van der Waals surface area contributed by atoms with E-state index in [-0.39, 0.29) is 5.41 Å². The second-order valence-corrected chi connectivity index (χ2v) is 5.14. The van der Waals surface area contributed by atoms with Crippen molar-refractivity contribution in [1.82, 2.24) is 0 Å². The van der Waals surface area contributed by atoms with Gasteiger partial charge in [-0.2, -0.15) is 0 Å². The fraction of sp³-hybridized carbons (Fsp3) is 0.412. The topological polar surface area (TPSA) is 0 Å². The third-order valence-electron chi connectivity index (χ3n) is 4.12. The molecule has 0 saturated heterocycles. The Morgan fingerprint density at radius 1 is 1.18 bits per heavy atom. The van der Waals surface area contributed by atoms with Crippen molar-refractivity contribution in [3.05, 3.63) is 59.7 Å². The Bertz CT molecular complexity index is 423. The van der Waals surface area contributed by atoms with Crippen LogP contribution in [0.2, 0.25) is 0 Å². The summed E-state index contributed by atoms with van der Waals surface area (Å²) in [6, 6.07) is 11.0. The fourth-order valence-corrected chi connectivity index (χ4v) is 3.17. The molecule has 0 fully saturated rings. The Morgan fingerprint density at radius 2 is 1.88 bits per heavy atom. The van der Waals surface area contributed by atoms with Crippen molar-refractivity contribution in [3.8, 4) is 0 Å². The second kappa shape index (κ2) is 4.91. The summed E-state index contributed by atoms with van der Waals surface area (Å²) in [5.41, 5.74) is 3.14.